The molecule has 0 radical (unpaired) electrons. The first-order valence-electron chi connectivity index (χ1n) is 9.09. The number of benzene rings is 2. The lowest BCUT2D eigenvalue weighted by Crippen LogP contribution is -2.15. The van der Waals surface area contributed by atoms with Crippen LogP contribution in [0, 0.1) is 15.9 Å². The number of aromatic carboxylic acids is 1. The molecule has 0 spiro atoms. The molecule has 0 bridgehead atoms. The van der Waals surface area contributed by atoms with Gasteiger partial charge >= 0.3 is 12.1 Å². The molecule has 0 aliphatic rings. The molecule has 4 aromatic rings. The van der Waals surface area contributed by atoms with Crippen molar-refractivity contribution in [1.82, 2.24) is 14.9 Å². The minimum absolute atomic E-state index is 0.247. The number of para-hydroxylation sites is 2. The summed E-state index contributed by atoms with van der Waals surface area (Å²) in [6, 6.07) is 7.95. The van der Waals surface area contributed by atoms with Gasteiger partial charge in [-0.2, -0.15) is 18.3 Å². The van der Waals surface area contributed by atoms with Gasteiger partial charge in [0.05, 0.1) is 27.3 Å². The highest BCUT2D eigenvalue weighted by Crippen LogP contribution is 2.43. The van der Waals surface area contributed by atoms with Gasteiger partial charge in [-0.05, 0) is 18.2 Å². The van der Waals surface area contributed by atoms with Crippen LogP contribution in [0.4, 0.5) is 23.2 Å². The highest BCUT2D eigenvalue weighted by molar-refractivity contribution is 6.33. The second-order valence-corrected chi connectivity index (χ2v) is 7.11. The van der Waals surface area contributed by atoms with Crippen molar-refractivity contribution in [1.29, 1.82) is 0 Å². The zero-order valence-electron chi connectivity index (χ0n) is 16.4. The summed E-state index contributed by atoms with van der Waals surface area (Å²) < 4.78 is 61.9. The molecule has 0 aliphatic carbocycles. The molecule has 2 aromatic carbocycles. The number of carboxylic acid groups (broad SMARTS) is 1. The Morgan fingerprint density at radius 3 is 2.50 bits per heavy atom. The van der Waals surface area contributed by atoms with Crippen LogP contribution in [0.2, 0.25) is 5.02 Å². The third kappa shape index (κ3) is 3.75. The summed E-state index contributed by atoms with van der Waals surface area (Å²) in [5.74, 6) is -3.65. The van der Waals surface area contributed by atoms with E-state index < -0.39 is 68.1 Å². The quantitative estimate of drug-likeness (QED) is 0.216. The second-order valence-electron chi connectivity index (χ2n) is 6.70. The molecule has 1 N–H and O–H groups in total. The van der Waals surface area contributed by atoms with Crippen LogP contribution in [0.1, 0.15) is 16.1 Å². The van der Waals surface area contributed by atoms with E-state index in [4.69, 9.17) is 16.1 Å². The monoisotopic (exact) mass is 496 g/mol. The molecule has 9 nitrogen and oxygen atoms in total. The summed E-state index contributed by atoms with van der Waals surface area (Å²) in [6.07, 6.45) is -4.55. The largest absolute Gasteiger partial charge is 0.477 e. The maximum Gasteiger partial charge on any atom is 0.434 e. The van der Waals surface area contributed by atoms with Crippen LogP contribution in [0.15, 0.2) is 53.2 Å². The third-order valence-electron chi connectivity index (χ3n) is 4.69. The normalized spacial score (nSPS) is 11.6. The van der Waals surface area contributed by atoms with Crippen molar-refractivity contribution in [2.75, 3.05) is 0 Å². The second kappa shape index (κ2) is 8.26. The lowest BCUT2D eigenvalue weighted by atomic mass is 10.0. The van der Waals surface area contributed by atoms with E-state index >= 15 is 0 Å². The van der Waals surface area contributed by atoms with Gasteiger partial charge in [0.2, 0.25) is 0 Å². The Hall–Kier alpha value is -4.26. The summed E-state index contributed by atoms with van der Waals surface area (Å²) in [5.41, 5.74) is -5.69. The van der Waals surface area contributed by atoms with E-state index in [0.717, 1.165) is 18.2 Å². The number of rotatable bonds is 5. The zero-order valence-corrected chi connectivity index (χ0v) is 17.1. The molecule has 2 heterocycles. The average molecular weight is 497 g/mol. The van der Waals surface area contributed by atoms with Gasteiger partial charge in [-0.1, -0.05) is 35.0 Å². The molecule has 0 unspecified atom stereocenters. The molecule has 4 rings (SSSR count). The molecule has 34 heavy (non-hydrogen) atoms. The minimum Gasteiger partial charge on any atom is -0.477 e. The summed E-state index contributed by atoms with van der Waals surface area (Å²) in [7, 11) is 0. The van der Waals surface area contributed by atoms with Gasteiger partial charge in [-0.3, -0.25) is 10.1 Å². The van der Waals surface area contributed by atoms with E-state index in [9.17, 15) is 37.6 Å². The SMILES string of the molecule is O=C(O)c1c(-c2c(F)cccc2Cl)noc1-c1cnn(-c2ccccc2[N+](=O)[O-])c1C(F)(F)F. The van der Waals surface area contributed by atoms with Crippen LogP contribution in [-0.4, -0.2) is 30.9 Å². The first kappa shape index (κ1) is 22.9. The summed E-state index contributed by atoms with van der Waals surface area (Å²) in [4.78, 5) is 22.4. The van der Waals surface area contributed by atoms with E-state index in [1.807, 2.05) is 0 Å². The van der Waals surface area contributed by atoms with Crippen LogP contribution >= 0.6 is 11.6 Å². The van der Waals surface area contributed by atoms with Gasteiger partial charge in [0.25, 0.3) is 5.69 Å². The fraction of sp³-hybridized carbons (Fsp3) is 0.0500. The van der Waals surface area contributed by atoms with Gasteiger partial charge < -0.3 is 9.63 Å². The fourth-order valence-corrected chi connectivity index (χ4v) is 3.59. The van der Waals surface area contributed by atoms with Gasteiger partial charge in [0, 0.05) is 6.07 Å². The first-order valence-corrected chi connectivity index (χ1v) is 9.47. The molecule has 0 aliphatic heterocycles. The summed E-state index contributed by atoms with van der Waals surface area (Å²) in [6.45, 7) is 0. The van der Waals surface area contributed by atoms with Crippen molar-refractivity contribution in [3.05, 3.63) is 80.9 Å². The Balaban J connectivity index is 2.02. The highest BCUT2D eigenvalue weighted by atomic mass is 35.5. The molecule has 0 fully saturated rings. The van der Waals surface area contributed by atoms with Crippen LogP contribution < -0.4 is 0 Å². The number of alkyl halides is 3. The number of halogens is 5. The molecule has 174 valence electrons. The summed E-state index contributed by atoms with van der Waals surface area (Å²) >= 11 is 5.96. The number of carbonyl (C=O) groups is 1. The number of aromatic nitrogens is 3. The third-order valence-corrected chi connectivity index (χ3v) is 5.01. The predicted molar refractivity (Wildman–Crippen MR) is 108 cm³/mol. The minimum atomic E-state index is -5.17. The van der Waals surface area contributed by atoms with Crippen molar-refractivity contribution in [2.45, 2.75) is 6.18 Å². The Labute approximate surface area is 190 Å². The molecule has 2 aromatic heterocycles. The maximum absolute atomic E-state index is 14.4. The van der Waals surface area contributed by atoms with Crippen LogP contribution in [0.3, 0.4) is 0 Å². The summed E-state index contributed by atoms with van der Waals surface area (Å²) in [5, 5.41) is 27.8. The van der Waals surface area contributed by atoms with Crippen molar-refractivity contribution in [3.8, 4) is 28.3 Å². The number of carboxylic acids is 1. The van der Waals surface area contributed by atoms with E-state index in [1.54, 1.807) is 0 Å². The van der Waals surface area contributed by atoms with Crippen LogP contribution in [0.5, 0.6) is 0 Å². The number of nitro benzene ring substituents is 1. The number of nitro groups is 1. The van der Waals surface area contributed by atoms with Gasteiger partial charge in [-0.15, -0.1) is 0 Å². The molecule has 0 saturated heterocycles. The van der Waals surface area contributed by atoms with Gasteiger partial charge in [0.1, 0.15) is 22.8 Å². The van der Waals surface area contributed by atoms with Gasteiger partial charge in [-0.25, -0.2) is 13.9 Å². The molecule has 0 amide bonds. The van der Waals surface area contributed by atoms with E-state index in [1.165, 1.54) is 24.3 Å². The van der Waals surface area contributed by atoms with Crippen LogP contribution in [0.25, 0.3) is 28.3 Å². The van der Waals surface area contributed by atoms with Crippen molar-refractivity contribution < 1.29 is 36.9 Å². The lowest BCUT2D eigenvalue weighted by Gasteiger charge is -2.12. The Morgan fingerprint density at radius 1 is 1.18 bits per heavy atom. The van der Waals surface area contributed by atoms with Crippen LogP contribution in [-0.2, 0) is 6.18 Å². The molecule has 0 atom stereocenters. The maximum atomic E-state index is 14.4. The smallest absolute Gasteiger partial charge is 0.434 e. The topological polar surface area (TPSA) is 124 Å². The predicted octanol–water partition coefficient (Wildman–Crippen LogP) is 5.61. The van der Waals surface area contributed by atoms with Crippen molar-refractivity contribution in [2.24, 2.45) is 0 Å². The van der Waals surface area contributed by atoms with E-state index in [0.29, 0.717) is 6.20 Å². The molecule has 14 heteroatoms. The molecule has 0 saturated carbocycles. The lowest BCUT2D eigenvalue weighted by molar-refractivity contribution is -0.384. The van der Waals surface area contributed by atoms with Crippen molar-refractivity contribution in [3.63, 3.8) is 0 Å². The average Bonchev–Trinajstić information content (AvgIpc) is 3.38. The fourth-order valence-electron chi connectivity index (χ4n) is 3.33. The Bertz CT molecular complexity index is 1430. The molecular formula is C20H9ClF4N4O5. The Kier molecular flexibility index (Phi) is 5.57. The Morgan fingerprint density at radius 2 is 1.88 bits per heavy atom. The van der Waals surface area contributed by atoms with E-state index in [2.05, 4.69) is 10.3 Å². The number of hydrogen-bond donors (Lipinski definition) is 1. The molecular weight excluding hydrogens is 488 g/mol. The first-order chi connectivity index (χ1) is 16.0. The number of hydrogen-bond acceptors (Lipinski definition) is 6. The van der Waals surface area contributed by atoms with Crippen molar-refractivity contribution >= 4 is 23.3 Å². The van der Waals surface area contributed by atoms with E-state index in [-0.39, 0.29) is 9.70 Å². The highest BCUT2D eigenvalue weighted by Gasteiger charge is 2.43. The standard InChI is InChI=1S/C20H9ClF4N4O5/c21-10-4-3-5-11(22)14(10)16-15(19(30)31)17(34-27-16)9-8-26-28(18(9)20(23,24)25)12-6-1-2-7-13(12)29(32)33/h1-8H,(H,30,31). The van der Waals surface area contributed by atoms with Gasteiger partial charge in [0.15, 0.2) is 11.5 Å². The zero-order chi connectivity index (χ0) is 24.8. The number of nitrogens with zero attached hydrogens (tertiary/aromatic N) is 4.